The second-order valence-corrected chi connectivity index (χ2v) is 9.41. The predicted octanol–water partition coefficient (Wildman–Crippen LogP) is 3.84. The van der Waals surface area contributed by atoms with Crippen LogP contribution in [0.3, 0.4) is 0 Å². The van der Waals surface area contributed by atoms with Crippen molar-refractivity contribution in [3.8, 4) is 16.3 Å². The molecule has 6 nitrogen and oxygen atoms in total. The highest BCUT2D eigenvalue weighted by atomic mass is 32.1. The minimum absolute atomic E-state index is 0.104. The molecule has 1 amide bonds. The highest BCUT2D eigenvalue weighted by Gasteiger charge is 2.43. The van der Waals surface area contributed by atoms with Crippen LogP contribution in [-0.2, 0) is 23.2 Å². The standard InChI is InChI=1S/C24H23N3O3S/c28-23(18-1-2-20-16(13-18)3-11-29-20)27-9-5-24(6-10-27)22-17(4-12-30-24)14-21(31-22)19-15-25-7-8-26-19/h1-2,7-8,13-15H,3-6,9-12H2. The van der Waals surface area contributed by atoms with Crippen LogP contribution in [0.1, 0.15) is 39.2 Å². The van der Waals surface area contributed by atoms with Crippen molar-refractivity contribution >= 4 is 17.2 Å². The van der Waals surface area contributed by atoms with Crippen molar-refractivity contribution in [2.45, 2.75) is 31.3 Å². The van der Waals surface area contributed by atoms with E-state index in [9.17, 15) is 4.79 Å². The third-order valence-corrected chi connectivity index (χ3v) is 7.97. The minimum Gasteiger partial charge on any atom is -0.493 e. The van der Waals surface area contributed by atoms with Gasteiger partial charge in [-0.05, 0) is 54.7 Å². The first-order valence-electron chi connectivity index (χ1n) is 10.8. The molecule has 1 fully saturated rings. The number of amides is 1. The van der Waals surface area contributed by atoms with Crippen LogP contribution in [-0.4, -0.2) is 47.1 Å². The number of hydrogen-bond acceptors (Lipinski definition) is 6. The van der Waals surface area contributed by atoms with E-state index in [1.54, 1.807) is 23.7 Å². The van der Waals surface area contributed by atoms with Gasteiger partial charge in [-0.15, -0.1) is 11.3 Å². The third-order valence-electron chi connectivity index (χ3n) is 6.58. The van der Waals surface area contributed by atoms with Crippen molar-refractivity contribution in [3.05, 3.63) is 64.4 Å². The van der Waals surface area contributed by atoms with Crippen LogP contribution in [0.25, 0.3) is 10.6 Å². The van der Waals surface area contributed by atoms with Gasteiger partial charge >= 0.3 is 0 Å². The summed E-state index contributed by atoms with van der Waals surface area (Å²) in [7, 11) is 0. The fourth-order valence-corrected chi connectivity index (χ4v) is 6.29. The van der Waals surface area contributed by atoms with Gasteiger partial charge in [-0.3, -0.25) is 14.8 Å². The summed E-state index contributed by atoms with van der Waals surface area (Å²) < 4.78 is 12.0. The quantitative estimate of drug-likeness (QED) is 0.614. The molecule has 1 aromatic carbocycles. The monoisotopic (exact) mass is 433 g/mol. The van der Waals surface area contributed by atoms with Gasteiger partial charge in [0.15, 0.2) is 0 Å². The molecule has 6 rings (SSSR count). The lowest BCUT2D eigenvalue weighted by Gasteiger charge is -2.43. The van der Waals surface area contributed by atoms with Gasteiger partial charge in [0.25, 0.3) is 5.91 Å². The van der Waals surface area contributed by atoms with E-state index in [1.165, 1.54) is 10.4 Å². The SMILES string of the molecule is O=C(c1ccc2c(c1)CCO2)N1CCC2(CC1)OCCc1cc(-c3cnccn3)sc12. The molecule has 7 heteroatoms. The van der Waals surface area contributed by atoms with Gasteiger partial charge in [0, 0.05) is 42.3 Å². The predicted molar refractivity (Wildman–Crippen MR) is 117 cm³/mol. The number of nitrogens with zero attached hydrogens (tertiary/aromatic N) is 3. The summed E-state index contributed by atoms with van der Waals surface area (Å²) in [5.41, 5.74) is 3.86. The maximum Gasteiger partial charge on any atom is 0.253 e. The molecule has 1 saturated heterocycles. The molecule has 158 valence electrons. The maximum atomic E-state index is 13.1. The topological polar surface area (TPSA) is 64.5 Å². The lowest BCUT2D eigenvalue weighted by molar-refractivity contribution is -0.0906. The molecule has 3 aliphatic rings. The fraction of sp³-hybridized carbons (Fsp3) is 0.375. The number of carbonyl (C=O) groups is 1. The van der Waals surface area contributed by atoms with E-state index in [4.69, 9.17) is 9.47 Å². The Morgan fingerprint density at radius 2 is 1.94 bits per heavy atom. The first-order valence-corrected chi connectivity index (χ1v) is 11.6. The van der Waals surface area contributed by atoms with Crippen LogP contribution in [0.15, 0.2) is 42.9 Å². The molecule has 0 aliphatic carbocycles. The first-order chi connectivity index (χ1) is 15.2. The average Bonchev–Trinajstić information content (AvgIpc) is 3.47. The Morgan fingerprint density at radius 1 is 1.06 bits per heavy atom. The van der Waals surface area contributed by atoms with Gasteiger partial charge in [-0.25, -0.2) is 0 Å². The van der Waals surface area contributed by atoms with Crippen LogP contribution in [0, 0.1) is 0 Å². The number of benzene rings is 1. The Kier molecular flexibility index (Phi) is 4.54. The Balaban J connectivity index is 1.22. The molecule has 0 saturated carbocycles. The normalized spacial score (nSPS) is 19.0. The van der Waals surface area contributed by atoms with Crippen LogP contribution in [0.4, 0.5) is 0 Å². The van der Waals surface area contributed by atoms with E-state index in [0.717, 1.165) is 59.7 Å². The zero-order chi connectivity index (χ0) is 20.8. The highest BCUT2D eigenvalue weighted by Crippen LogP contribution is 2.47. The van der Waals surface area contributed by atoms with Gasteiger partial charge in [0.1, 0.15) is 11.4 Å². The van der Waals surface area contributed by atoms with Crippen molar-refractivity contribution in [1.82, 2.24) is 14.9 Å². The summed E-state index contributed by atoms with van der Waals surface area (Å²) in [6.07, 6.45) is 8.68. The van der Waals surface area contributed by atoms with Crippen molar-refractivity contribution in [3.63, 3.8) is 0 Å². The third kappa shape index (κ3) is 3.23. The van der Waals surface area contributed by atoms with Gasteiger partial charge in [-0.1, -0.05) is 0 Å². The van der Waals surface area contributed by atoms with Crippen LogP contribution in [0.5, 0.6) is 5.75 Å². The number of piperidine rings is 1. The van der Waals surface area contributed by atoms with E-state index >= 15 is 0 Å². The van der Waals surface area contributed by atoms with Crippen molar-refractivity contribution in [2.75, 3.05) is 26.3 Å². The second-order valence-electron chi connectivity index (χ2n) is 8.36. The summed E-state index contributed by atoms with van der Waals surface area (Å²) in [5.74, 6) is 1.01. The molecule has 0 N–H and O–H groups in total. The number of hydrogen-bond donors (Lipinski definition) is 0. The lowest BCUT2D eigenvalue weighted by atomic mass is 9.85. The highest BCUT2D eigenvalue weighted by molar-refractivity contribution is 7.15. The molecule has 0 radical (unpaired) electrons. The number of aromatic nitrogens is 2. The van der Waals surface area contributed by atoms with Gasteiger partial charge in [-0.2, -0.15) is 0 Å². The molecule has 2 aromatic heterocycles. The molecule has 3 aromatic rings. The Labute approximate surface area is 184 Å². The summed E-state index contributed by atoms with van der Waals surface area (Å²) in [6, 6.07) is 8.06. The van der Waals surface area contributed by atoms with E-state index in [0.29, 0.717) is 19.7 Å². The number of rotatable bonds is 2. The van der Waals surface area contributed by atoms with Crippen LogP contribution >= 0.6 is 11.3 Å². The van der Waals surface area contributed by atoms with Crippen LogP contribution < -0.4 is 4.74 Å². The summed E-state index contributed by atoms with van der Waals surface area (Å²) in [4.78, 5) is 26.2. The largest absolute Gasteiger partial charge is 0.493 e. The smallest absolute Gasteiger partial charge is 0.253 e. The number of carbonyl (C=O) groups excluding carboxylic acids is 1. The minimum atomic E-state index is -0.290. The summed E-state index contributed by atoms with van der Waals surface area (Å²) in [6.45, 7) is 2.83. The van der Waals surface area contributed by atoms with E-state index in [-0.39, 0.29) is 11.5 Å². The van der Waals surface area contributed by atoms with Crippen molar-refractivity contribution in [1.29, 1.82) is 0 Å². The number of ether oxygens (including phenoxy) is 2. The summed E-state index contributed by atoms with van der Waals surface area (Å²) in [5, 5.41) is 0. The fourth-order valence-electron chi connectivity index (χ4n) is 4.92. The molecule has 0 unspecified atom stereocenters. The first kappa shape index (κ1) is 19.0. The molecule has 1 spiro atoms. The number of fused-ring (bicyclic) bond motifs is 3. The van der Waals surface area contributed by atoms with E-state index in [1.807, 2.05) is 29.3 Å². The van der Waals surface area contributed by atoms with Gasteiger partial charge in [0.05, 0.1) is 30.0 Å². The van der Waals surface area contributed by atoms with Crippen molar-refractivity contribution < 1.29 is 14.3 Å². The number of thiophene rings is 1. The lowest BCUT2D eigenvalue weighted by Crippen LogP contribution is -2.47. The van der Waals surface area contributed by atoms with Gasteiger partial charge < -0.3 is 14.4 Å². The Morgan fingerprint density at radius 3 is 2.77 bits per heavy atom. The van der Waals surface area contributed by atoms with E-state index < -0.39 is 0 Å². The molecular formula is C24H23N3O3S. The second kappa shape index (κ2) is 7.43. The van der Waals surface area contributed by atoms with Crippen molar-refractivity contribution in [2.24, 2.45) is 0 Å². The average molecular weight is 434 g/mol. The molecule has 0 atom stereocenters. The van der Waals surface area contributed by atoms with E-state index in [2.05, 4.69) is 16.0 Å². The molecule has 5 heterocycles. The zero-order valence-corrected chi connectivity index (χ0v) is 18.0. The Bertz CT molecular complexity index is 1140. The zero-order valence-electron chi connectivity index (χ0n) is 17.2. The molecule has 3 aliphatic heterocycles. The molecule has 31 heavy (non-hydrogen) atoms. The molecule has 0 bridgehead atoms. The summed E-state index contributed by atoms with van der Waals surface area (Å²) >= 11 is 1.77. The Hall–Kier alpha value is -2.77. The van der Waals surface area contributed by atoms with Gasteiger partial charge in [0.2, 0.25) is 0 Å². The molecular weight excluding hydrogens is 410 g/mol. The number of likely N-dealkylation sites (tertiary alicyclic amines) is 1. The van der Waals surface area contributed by atoms with Crippen LogP contribution in [0.2, 0.25) is 0 Å². The maximum absolute atomic E-state index is 13.1.